The lowest BCUT2D eigenvalue weighted by molar-refractivity contribution is 0.661. The Labute approximate surface area is 329 Å². The molecule has 0 radical (unpaired) electrons. The predicted molar refractivity (Wildman–Crippen MR) is 243 cm³/mol. The van der Waals surface area contributed by atoms with Gasteiger partial charge in [0.1, 0.15) is 0 Å². The fraction of sp³-hybridized carbons (Fsp3) is 0.0545. The van der Waals surface area contributed by atoms with Gasteiger partial charge in [0.15, 0.2) is 0 Å². The van der Waals surface area contributed by atoms with Crippen molar-refractivity contribution in [3.05, 3.63) is 193 Å². The summed E-state index contributed by atoms with van der Waals surface area (Å²) in [4.78, 5) is 0. The molecular weight excluding hydrogens is 693 g/mol. The van der Waals surface area contributed by atoms with Crippen LogP contribution in [0, 0.1) is 0 Å². The lowest BCUT2D eigenvalue weighted by Crippen LogP contribution is -2.15. The minimum absolute atomic E-state index is 0.172. The Kier molecular flexibility index (Phi) is 6.66. The first-order chi connectivity index (χ1) is 27.5. The summed E-state index contributed by atoms with van der Waals surface area (Å²) in [5.74, 6) is 0. The van der Waals surface area contributed by atoms with Crippen LogP contribution in [-0.4, -0.2) is 0 Å². The molecule has 12 rings (SSSR count). The zero-order valence-corrected chi connectivity index (χ0v) is 32.0. The summed E-state index contributed by atoms with van der Waals surface area (Å²) in [6.45, 7) is 4.82. The standard InChI is InChI=1S/C55H36S/c1-55(2)49-30-35(38-22-12-15-34-29-48-41-17-9-10-24-51(41)56-52(48)32-47(34)38)25-27-39(49)40-28-26-36(31-50(40)55)53-43-18-5-7-20-45(43)54(46-21-8-6-19-44(46)53)42-23-11-14-33-13-3-4-16-37(33)42/h3-32H,1-2H3. The molecule has 0 saturated carbocycles. The second kappa shape index (κ2) is 11.7. The van der Waals surface area contributed by atoms with Crippen molar-refractivity contribution in [1.29, 1.82) is 0 Å². The highest BCUT2D eigenvalue weighted by Crippen LogP contribution is 2.53. The Bertz CT molecular complexity index is 3390. The molecule has 0 spiro atoms. The predicted octanol–water partition coefficient (Wildman–Crippen LogP) is 16.0. The van der Waals surface area contributed by atoms with Crippen LogP contribution in [0.2, 0.25) is 0 Å². The Morgan fingerprint density at radius 1 is 0.321 bits per heavy atom. The summed E-state index contributed by atoms with van der Waals surface area (Å²) in [7, 11) is 0. The Morgan fingerprint density at radius 3 is 1.57 bits per heavy atom. The maximum atomic E-state index is 2.50. The van der Waals surface area contributed by atoms with E-state index in [1.165, 1.54) is 119 Å². The van der Waals surface area contributed by atoms with Gasteiger partial charge in [-0.15, -0.1) is 11.3 Å². The zero-order valence-electron chi connectivity index (χ0n) is 31.2. The molecule has 1 aliphatic rings. The van der Waals surface area contributed by atoms with Crippen LogP contribution in [0.15, 0.2) is 182 Å². The van der Waals surface area contributed by atoms with Crippen LogP contribution in [0.5, 0.6) is 0 Å². The fourth-order valence-corrected chi connectivity index (χ4v) is 11.1. The number of hydrogen-bond donors (Lipinski definition) is 0. The van der Waals surface area contributed by atoms with E-state index in [9.17, 15) is 0 Å². The van der Waals surface area contributed by atoms with Gasteiger partial charge >= 0.3 is 0 Å². The molecule has 56 heavy (non-hydrogen) atoms. The zero-order chi connectivity index (χ0) is 37.1. The van der Waals surface area contributed by atoms with Crippen molar-refractivity contribution in [3.63, 3.8) is 0 Å². The normalized spacial score (nSPS) is 13.3. The number of fused-ring (bicyclic) bond motifs is 10. The Morgan fingerprint density at radius 2 is 0.857 bits per heavy atom. The molecule has 1 aliphatic carbocycles. The molecule has 0 bridgehead atoms. The van der Waals surface area contributed by atoms with E-state index in [-0.39, 0.29) is 5.41 Å². The van der Waals surface area contributed by atoms with E-state index >= 15 is 0 Å². The first-order valence-electron chi connectivity index (χ1n) is 19.6. The lowest BCUT2D eigenvalue weighted by Gasteiger charge is -2.23. The van der Waals surface area contributed by atoms with Crippen molar-refractivity contribution >= 4 is 74.6 Å². The van der Waals surface area contributed by atoms with Crippen LogP contribution < -0.4 is 0 Å². The molecular formula is C55H36S. The van der Waals surface area contributed by atoms with E-state index < -0.39 is 0 Å². The highest BCUT2D eigenvalue weighted by atomic mass is 32.1. The van der Waals surface area contributed by atoms with Crippen molar-refractivity contribution in [2.45, 2.75) is 19.3 Å². The molecule has 0 atom stereocenters. The Balaban J connectivity index is 1.02. The van der Waals surface area contributed by atoms with Gasteiger partial charge in [0.25, 0.3) is 0 Å². The molecule has 1 aromatic heterocycles. The third kappa shape index (κ3) is 4.47. The van der Waals surface area contributed by atoms with Crippen molar-refractivity contribution in [2.24, 2.45) is 0 Å². The molecule has 0 aliphatic heterocycles. The quantitative estimate of drug-likeness (QED) is 0.159. The number of hydrogen-bond acceptors (Lipinski definition) is 1. The summed E-state index contributed by atoms with van der Waals surface area (Å²) >= 11 is 1.89. The monoisotopic (exact) mass is 728 g/mol. The van der Waals surface area contributed by atoms with Crippen LogP contribution in [-0.2, 0) is 5.41 Å². The van der Waals surface area contributed by atoms with E-state index in [0.717, 1.165) is 0 Å². The van der Waals surface area contributed by atoms with Crippen molar-refractivity contribution in [3.8, 4) is 44.5 Å². The van der Waals surface area contributed by atoms with Crippen molar-refractivity contribution < 1.29 is 0 Å². The second-order valence-electron chi connectivity index (χ2n) is 16.0. The molecule has 0 N–H and O–H groups in total. The van der Waals surface area contributed by atoms with Gasteiger partial charge in [0.05, 0.1) is 0 Å². The summed E-state index contributed by atoms with van der Waals surface area (Å²) in [5, 5.41) is 13.0. The molecule has 0 fully saturated rings. The highest BCUT2D eigenvalue weighted by molar-refractivity contribution is 7.25. The van der Waals surface area contributed by atoms with Crippen LogP contribution in [0.25, 0.3) is 108 Å². The molecule has 0 nitrogen and oxygen atoms in total. The maximum Gasteiger partial charge on any atom is 0.0362 e. The van der Waals surface area contributed by atoms with Crippen LogP contribution in [0.3, 0.4) is 0 Å². The molecule has 1 heterocycles. The molecule has 10 aromatic carbocycles. The minimum Gasteiger partial charge on any atom is -0.135 e. The van der Waals surface area contributed by atoms with E-state index in [1.54, 1.807) is 0 Å². The largest absolute Gasteiger partial charge is 0.135 e. The van der Waals surface area contributed by atoms with Crippen LogP contribution in [0.1, 0.15) is 25.0 Å². The number of benzene rings is 10. The molecule has 0 unspecified atom stereocenters. The molecule has 1 heteroatoms. The Hall–Kier alpha value is -6.54. The third-order valence-electron chi connectivity index (χ3n) is 12.6. The van der Waals surface area contributed by atoms with Crippen LogP contribution in [0.4, 0.5) is 0 Å². The van der Waals surface area contributed by atoms with Gasteiger partial charge in [-0.1, -0.05) is 166 Å². The molecule has 11 aromatic rings. The van der Waals surface area contributed by atoms with Gasteiger partial charge in [0.2, 0.25) is 0 Å². The average molecular weight is 729 g/mol. The van der Waals surface area contributed by atoms with E-state index in [0.29, 0.717) is 0 Å². The summed E-state index contributed by atoms with van der Waals surface area (Å²) < 4.78 is 2.69. The summed E-state index contributed by atoms with van der Waals surface area (Å²) in [6, 6.07) is 68.3. The van der Waals surface area contributed by atoms with Gasteiger partial charge in [-0.3, -0.25) is 0 Å². The second-order valence-corrected chi connectivity index (χ2v) is 17.1. The van der Waals surface area contributed by atoms with Crippen molar-refractivity contribution in [1.82, 2.24) is 0 Å². The van der Waals surface area contributed by atoms with Gasteiger partial charge in [-0.25, -0.2) is 0 Å². The van der Waals surface area contributed by atoms with Gasteiger partial charge in [0, 0.05) is 25.6 Å². The maximum absolute atomic E-state index is 2.50. The highest BCUT2D eigenvalue weighted by Gasteiger charge is 2.36. The fourth-order valence-electron chi connectivity index (χ4n) is 9.98. The number of rotatable bonds is 3. The minimum atomic E-state index is -0.172. The topological polar surface area (TPSA) is 0 Å². The molecule has 262 valence electrons. The summed E-state index contributed by atoms with van der Waals surface area (Å²) in [6.07, 6.45) is 0. The lowest BCUT2D eigenvalue weighted by atomic mass is 9.79. The smallest absolute Gasteiger partial charge is 0.0362 e. The SMILES string of the molecule is CC1(C)c2cc(-c3cccc4cc5c(cc34)sc3ccccc35)ccc2-c2ccc(-c3c4ccccc4c(-c4cccc5ccccc45)c4ccccc34)cc21. The third-order valence-corrected chi connectivity index (χ3v) is 13.8. The molecule has 0 saturated heterocycles. The van der Waals surface area contributed by atoms with E-state index in [2.05, 4.69) is 196 Å². The first-order valence-corrected chi connectivity index (χ1v) is 20.4. The van der Waals surface area contributed by atoms with Crippen molar-refractivity contribution in [2.75, 3.05) is 0 Å². The molecule has 0 amide bonds. The van der Waals surface area contributed by atoms with E-state index in [4.69, 9.17) is 0 Å². The van der Waals surface area contributed by atoms with E-state index in [1.807, 2.05) is 11.3 Å². The summed E-state index contributed by atoms with van der Waals surface area (Å²) in [5.41, 5.74) is 13.0. The van der Waals surface area contributed by atoms with Gasteiger partial charge < -0.3 is 0 Å². The average Bonchev–Trinajstić information content (AvgIpc) is 3.71. The van der Waals surface area contributed by atoms with Gasteiger partial charge in [-0.2, -0.15) is 0 Å². The first kappa shape index (κ1) is 31.8. The van der Waals surface area contributed by atoms with Gasteiger partial charge in [-0.05, 0) is 129 Å². The van der Waals surface area contributed by atoms with Crippen LogP contribution >= 0.6 is 11.3 Å². The number of thiophene rings is 1.